The van der Waals surface area contributed by atoms with Gasteiger partial charge in [-0.2, -0.15) is 5.26 Å². The van der Waals surface area contributed by atoms with Gasteiger partial charge in [0.25, 0.3) is 0 Å². The first kappa shape index (κ1) is 11.6. The first-order chi connectivity index (χ1) is 8.29. The van der Waals surface area contributed by atoms with Gasteiger partial charge in [-0.1, -0.05) is 0 Å². The van der Waals surface area contributed by atoms with Gasteiger partial charge in [-0.15, -0.1) is 11.3 Å². The molecule has 0 spiro atoms. The van der Waals surface area contributed by atoms with Crippen molar-refractivity contribution in [3.8, 4) is 6.07 Å². The molecule has 0 fully saturated rings. The summed E-state index contributed by atoms with van der Waals surface area (Å²) in [7, 11) is 0. The minimum Gasteiger partial charge on any atom is -0.382 e. The summed E-state index contributed by atoms with van der Waals surface area (Å²) in [5, 5.41) is 14.5. The fourth-order valence-electron chi connectivity index (χ4n) is 1.41. The fraction of sp³-hybridized carbons (Fsp3) is 0.167. The van der Waals surface area contributed by atoms with E-state index in [9.17, 15) is 4.39 Å². The SMILES string of the molecule is N#Cc1ccc(NCCc2nccs2)c(F)c1. The molecule has 0 aliphatic rings. The Morgan fingerprint density at radius 3 is 3.00 bits per heavy atom. The molecule has 86 valence electrons. The van der Waals surface area contributed by atoms with Crippen molar-refractivity contribution in [2.75, 3.05) is 11.9 Å². The molecule has 2 aromatic rings. The third-order valence-electron chi connectivity index (χ3n) is 2.24. The average molecular weight is 247 g/mol. The minimum atomic E-state index is -0.400. The standard InChI is InChI=1S/C12H10FN3S/c13-10-7-9(8-14)1-2-11(10)15-4-3-12-16-5-6-17-12/h1-2,5-7,15H,3-4H2. The lowest BCUT2D eigenvalue weighted by atomic mass is 10.2. The predicted octanol–water partition coefficient (Wildman–Crippen LogP) is 2.81. The number of nitrogens with zero attached hydrogens (tertiary/aromatic N) is 2. The van der Waals surface area contributed by atoms with Crippen LogP contribution in [0.3, 0.4) is 0 Å². The smallest absolute Gasteiger partial charge is 0.147 e. The highest BCUT2D eigenvalue weighted by molar-refractivity contribution is 7.09. The second kappa shape index (κ2) is 5.41. The Balaban J connectivity index is 1.93. The number of rotatable bonds is 4. The topological polar surface area (TPSA) is 48.7 Å². The monoisotopic (exact) mass is 247 g/mol. The lowest BCUT2D eigenvalue weighted by Gasteiger charge is -2.06. The molecular weight excluding hydrogens is 237 g/mol. The fourth-order valence-corrected chi connectivity index (χ4v) is 2.03. The van der Waals surface area contributed by atoms with E-state index in [4.69, 9.17) is 5.26 Å². The minimum absolute atomic E-state index is 0.327. The van der Waals surface area contributed by atoms with Gasteiger partial charge in [-0.3, -0.25) is 0 Å². The molecule has 0 saturated heterocycles. The van der Waals surface area contributed by atoms with Crippen molar-refractivity contribution in [3.05, 3.63) is 46.2 Å². The maximum Gasteiger partial charge on any atom is 0.147 e. The van der Waals surface area contributed by atoms with Gasteiger partial charge in [-0.25, -0.2) is 9.37 Å². The van der Waals surface area contributed by atoms with Crippen LogP contribution in [0.15, 0.2) is 29.8 Å². The van der Waals surface area contributed by atoms with E-state index in [0.29, 0.717) is 17.8 Å². The molecule has 1 aromatic heterocycles. The molecule has 1 aromatic carbocycles. The number of benzene rings is 1. The molecule has 5 heteroatoms. The van der Waals surface area contributed by atoms with E-state index in [1.807, 2.05) is 11.4 Å². The highest BCUT2D eigenvalue weighted by Crippen LogP contribution is 2.15. The highest BCUT2D eigenvalue weighted by atomic mass is 32.1. The lowest BCUT2D eigenvalue weighted by Crippen LogP contribution is -2.06. The molecule has 0 aliphatic carbocycles. The molecule has 0 radical (unpaired) electrons. The molecule has 1 N–H and O–H groups in total. The van der Waals surface area contributed by atoms with Gasteiger partial charge in [0.05, 0.1) is 22.3 Å². The molecule has 0 unspecified atom stereocenters. The second-order valence-corrected chi connectivity index (χ2v) is 4.39. The highest BCUT2D eigenvalue weighted by Gasteiger charge is 2.03. The van der Waals surface area contributed by atoms with Crippen molar-refractivity contribution in [2.45, 2.75) is 6.42 Å². The van der Waals surface area contributed by atoms with Crippen LogP contribution in [0.2, 0.25) is 0 Å². The summed E-state index contributed by atoms with van der Waals surface area (Å²) in [5.74, 6) is -0.400. The van der Waals surface area contributed by atoms with Gasteiger partial charge in [0.2, 0.25) is 0 Å². The maximum atomic E-state index is 13.5. The molecule has 2 rings (SSSR count). The summed E-state index contributed by atoms with van der Waals surface area (Å²) in [5.41, 5.74) is 0.744. The zero-order chi connectivity index (χ0) is 12.1. The van der Waals surface area contributed by atoms with Crippen LogP contribution in [0, 0.1) is 17.1 Å². The zero-order valence-corrected chi connectivity index (χ0v) is 9.80. The molecule has 0 saturated carbocycles. The van der Waals surface area contributed by atoms with Gasteiger partial charge in [-0.05, 0) is 18.2 Å². The molecule has 0 bridgehead atoms. The maximum absolute atomic E-state index is 13.5. The van der Waals surface area contributed by atoms with Crippen LogP contribution in [0.25, 0.3) is 0 Å². The Hall–Kier alpha value is -1.93. The van der Waals surface area contributed by atoms with Crippen LogP contribution in [0.4, 0.5) is 10.1 Å². The Morgan fingerprint density at radius 2 is 2.35 bits per heavy atom. The van der Waals surface area contributed by atoms with Crippen LogP contribution in [-0.4, -0.2) is 11.5 Å². The summed E-state index contributed by atoms with van der Waals surface area (Å²) in [6.45, 7) is 0.621. The van der Waals surface area contributed by atoms with Crippen molar-refractivity contribution in [3.63, 3.8) is 0 Å². The molecule has 0 atom stereocenters. The van der Waals surface area contributed by atoms with Crippen LogP contribution in [0.5, 0.6) is 0 Å². The number of thiazole rings is 1. The second-order valence-electron chi connectivity index (χ2n) is 3.41. The van der Waals surface area contributed by atoms with E-state index < -0.39 is 5.82 Å². The van der Waals surface area contributed by atoms with E-state index in [-0.39, 0.29) is 0 Å². The van der Waals surface area contributed by atoms with Crippen LogP contribution >= 0.6 is 11.3 Å². The number of halogens is 1. The number of hydrogen-bond acceptors (Lipinski definition) is 4. The van der Waals surface area contributed by atoms with Crippen molar-refractivity contribution in [1.29, 1.82) is 5.26 Å². The number of hydrogen-bond donors (Lipinski definition) is 1. The molecule has 1 heterocycles. The Kier molecular flexibility index (Phi) is 3.68. The van der Waals surface area contributed by atoms with Gasteiger partial charge in [0.1, 0.15) is 5.82 Å². The first-order valence-corrected chi connectivity index (χ1v) is 5.99. The molecule has 3 nitrogen and oxygen atoms in total. The quantitative estimate of drug-likeness (QED) is 0.903. The Bertz CT molecular complexity index is 531. The van der Waals surface area contributed by atoms with Gasteiger partial charge >= 0.3 is 0 Å². The van der Waals surface area contributed by atoms with Crippen molar-refractivity contribution >= 4 is 17.0 Å². The van der Waals surface area contributed by atoms with Gasteiger partial charge in [0, 0.05) is 24.5 Å². The van der Waals surface area contributed by atoms with Crippen LogP contribution in [-0.2, 0) is 6.42 Å². The van der Waals surface area contributed by atoms with E-state index in [2.05, 4.69) is 10.3 Å². The average Bonchev–Trinajstić information content (AvgIpc) is 2.84. The van der Waals surface area contributed by atoms with Gasteiger partial charge < -0.3 is 5.32 Å². The van der Waals surface area contributed by atoms with Crippen molar-refractivity contribution < 1.29 is 4.39 Å². The third kappa shape index (κ3) is 3.02. The van der Waals surface area contributed by atoms with E-state index in [1.165, 1.54) is 6.07 Å². The van der Waals surface area contributed by atoms with Crippen molar-refractivity contribution in [1.82, 2.24) is 4.98 Å². The molecule has 0 amide bonds. The van der Waals surface area contributed by atoms with Gasteiger partial charge in [0.15, 0.2) is 0 Å². The van der Waals surface area contributed by atoms with E-state index in [1.54, 1.807) is 29.7 Å². The molecule has 0 aliphatic heterocycles. The number of nitrogens with one attached hydrogen (secondary N) is 1. The van der Waals surface area contributed by atoms with Crippen molar-refractivity contribution in [2.24, 2.45) is 0 Å². The number of nitriles is 1. The number of anilines is 1. The Morgan fingerprint density at radius 1 is 1.47 bits per heavy atom. The summed E-state index contributed by atoms with van der Waals surface area (Å²) < 4.78 is 13.5. The molecular formula is C12H10FN3S. The molecule has 17 heavy (non-hydrogen) atoms. The largest absolute Gasteiger partial charge is 0.382 e. The Labute approximate surface area is 103 Å². The first-order valence-electron chi connectivity index (χ1n) is 5.11. The van der Waals surface area contributed by atoms with Crippen LogP contribution in [0.1, 0.15) is 10.6 Å². The summed E-state index contributed by atoms with van der Waals surface area (Å²) in [6.07, 6.45) is 2.51. The normalized spacial score (nSPS) is 9.88. The number of aromatic nitrogens is 1. The summed E-state index contributed by atoms with van der Waals surface area (Å²) in [4.78, 5) is 4.14. The zero-order valence-electron chi connectivity index (χ0n) is 8.98. The summed E-state index contributed by atoms with van der Waals surface area (Å²) >= 11 is 1.58. The summed E-state index contributed by atoms with van der Waals surface area (Å²) in [6, 6.07) is 6.30. The van der Waals surface area contributed by atoms with E-state index in [0.717, 1.165) is 11.4 Å². The van der Waals surface area contributed by atoms with Crippen LogP contribution < -0.4 is 5.32 Å². The lowest BCUT2D eigenvalue weighted by molar-refractivity contribution is 0.629. The van der Waals surface area contributed by atoms with E-state index >= 15 is 0 Å². The third-order valence-corrected chi connectivity index (χ3v) is 3.08. The predicted molar refractivity (Wildman–Crippen MR) is 65.4 cm³/mol.